The van der Waals surface area contributed by atoms with Crippen LogP contribution in [0.5, 0.6) is 5.75 Å². The third kappa shape index (κ3) is 2.65. The lowest BCUT2D eigenvalue weighted by Crippen LogP contribution is -2.49. The van der Waals surface area contributed by atoms with Gasteiger partial charge in [-0.25, -0.2) is 0 Å². The first-order valence-electron chi connectivity index (χ1n) is 8.90. The summed E-state index contributed by atoms with van der Waals surface area (Å²) in [7, 11) is 2.23. The predicted molar refractivity (Wildman–Crippen MR) is 99.0 cm³/mol. The van der Waals surface area contributed by atoms with Gasteiger partial charge in [-0.1, -0.05) is 48.5 Å². The molecular formula is C22H25NO. The molecule has 2 nitrogen and oxygen atoms in total. The van der Waals surface area contributed by atoms with E-state index < -0.39 is 0 Å². The van der Waals surface area contributed by atoms with Gasteiger partial charge in [0.05, 0.1) is 0 Å². The maximum absolute atomic E-state index is 10.0. The van der Waals surface area contributed by atoms with Gasteiger partial charge >= 0.3 is 0 Å². The van der Waals surface area contributed by atoms with E-state index in [1.54, 1.807) is 6.07 Å². The number of piperidine rings is 1. The minimum atomic E-state index is 0.144. The first kappa shape index (κ1) is 15.5. The Bertz CT molecular complexity index is 752. The molecule has 1 aliphatic carbocycles. The van der Waals surface area contributed by atoms with Crippen molar-refractivity contribution in [3.8, 4) is 5.75 Å². The number of nitrogens with zero attached hydrogens (tertiary/aromatic N) is 1. The van der Waals surface area contributed by atoms with Crippen LogP contribution in [0.4, 0.5) is 0 Å². The van der Waals surface area contributed by atoms with E-state index in [0.29, 0.717) is 11.7 Å². The minimum absolute atomic E-state index is 0.144. The highest BCUT2D eigenvalue weighted by molar-refractivity contribution is 5.68. The highest BCUT2D eigenvalue weighted by Crippen LogP contribution is 2.51. The van der Waals surface area contributed by atoms with Crippen LogP contribution in [-0.4, -0.2) is 30.1 Å². The quantitative estimate of drug-likeness (QED) is 0.883. The normalized spacial score (nSPS) is 27.4. The smallest absolute Gasteiger partial charge is 0.115 e. The summed E-state index contributed by atoms with van der Waals surface area (Å²) in [6.07, 6.45) is 5.78. The fraction of sp³-hybridized carbons (Fsp3) is 0.364. The molecule has 1 aliphatic heterocycles. The molecule has 0 spiro atoms. The fourth-order valence-electron chi connectivity index (χ4n) is 4.64. The largest absolute Gasteiger partial charge is 0.508 e. The summed E-state index contributed by atoms with van der Waals surface area (Å²) in [5.74, 6) is 1.00. The summed E-state index contributed by atoms with van der Waals surface area (Å²) in [5.41, 5.74) is 4.25. The molecule has 2 heteroatoms. The molecular weight excluding hydrogens is 294 g/mol. The molecule has 0 aromatic heterocycles. The summed E-state index contributed by atoms with van der Waals surface area (Å²) in [4.78, 5) is 2.45. The molecule has 4 rings (SSSR count). The number of rotatable bonds is 2. The van der Waals surface area contributed by atoms with Gasteiger partial charge in [0.15, 0.2) is 0 Å². The van der Waals surface area contributed by atoms with Gasteiger partial charge in [-0.15, -0.1) is 0 Å². The third-order valence-electron chi connectivity index (χ3n) is 5.97. The van der Waals surface area contributed by atoms with Gasteiger partial charge in [-0.05, 0) is 67.6 Å². The average Bonchev–Trinajstić information content (AvgIpc) is 2.62. The number of phenols is 1. The number of allylic oxidation sites excluding steroid dienone is 2. The molecule has 124 valence electrons. The molecule has 0 saturated carbocycles. The molecule has 2 aliphatic rings. The van der Waals surface area contributed by atoms with Crippen molar-refractivity contribution in [2.75, 3.05) is 20.1 Å². The molecule has 2 atom stereocenters. The van der Waals surface area contributed by atoms with Crippen LogP contribution in [0.3, 0.4) is 0 Å². The van der Waals surface area contributed by atoms with E-state index in [4.69, 9.17) is 0 Å². The number of benzene rings is 2. The molecule has 1 saturated heterocycles. The molecule has 1 heterocycles. The van der Waals surface area contributed by atoms with E-state index in [-0.39, 0.29) is 5.41 Å². The Morgan fingerprint density at radius 2 is 1.92 bits per heavy atom. The van der Waals surface area contributed by atoms with Gasteiger partial charge in [-0.2, -0.15) is 0 Å². The van der Waals surface area contributed by atoms with E-state index in [9.17, 15) is 5.11 Å². The Morgan fingerprint density at radius 1 is 1.08 bits per heavy atom. The van der Waals surface area contributed by atoms with Crippen molar-refractivity contribution in [2.24, 2.45) is 5.92 Å². The molecule has 2 aromatic rings. The van der Waals surface area contributed by atoms with Crippen LogP contribution in [0.15, 0.2) is 60.7 Å². The topological polar surface area (TPSA) is 23.5 Å². The van der Waals surface area contributed by atoms with Gasteiger partial charge in [-0.3, -0.25) is 0 Å². The highest BCUT2D eigenvalue weighted by Gasteiger charge is 2.45. The minimum Gasteiger partial charge on any atom is -0.508 e. The van der Waals surface area contributed by atoms with Crippen molar-refractivity contribution in [1.29, 1.82) is 0 Å². The lowest BCUT2D eigenvalue weighted by molar-refractivity contribution is 0.108. The fourth-order valence-corrected chi connectivity index (χ4v) is 4.64. The summed E-state index contributed by atoms with van der Waals surface area (Å²) < 4.78 is 0. The molecule has 1 N–H and O–H groups in total. The number of hydrogen-bond acceptors (Lipinski definition) is 2. The van der Waals surface area contributed by atoms with Gasteiger partial charge in [0.2, 0.25) is 0 Å². The van der Waals surface area contributed by atoms with Crippen molar-refractivity contribution in [3.05, 3.63) is 71.8 Å². The Labute approximate surface area is 144 Å². The van der Waals surface area contributed by atoms with E-state index in [1.807, 2.05) is 12.1 Å². The van der Waals surface area contributed by atoms with Crippen LogP contribution in [-0.2, 0) is 5.41 Å². The molecule has 2 aromatic carbocycles. The first-order valence-corrected chi connectivity index (χ1v) is 8.90. The van der Waals surface area contributed by atoms with Crippen LogP contribution in [0, 0.1) is 5.92 Å². The molecule has 0 amide bonds. The predicted octanol–water partition coefficient (Wildman–Crippen LogP) is 4.46. The van der Waals surface area contributed by atoms with E-state index in [2.05, 4.69) is 54.4 Å². The Kier molecular flexibility index (Phi) is 3.93. The average molecular weight is 319 g/mol. The number of likely N-dealkylation sites (tertiary alicyclic amines) is 1. The second-order valence-corrected chi connectivity index (χ2v) is 7.42. The van der Waals surface area contributed by atoms with E-state index >= 15 is 0 Å². The first-order chi connectivity index (χ1) is 11.7. The van der Waals surface area contributed by atoms with Crippen molar-refractivity contribution in [2.45, 2.75) is 24.7 Å². The molecule has 0 radical (unpaired) electrons. The monoisotopic (exact) mass is 319 g/mol. The summed E-state index contributed by atoms with van der Waals surface area (Å²) in [6, 6.07) is 18.7. The summed E-state index contributed by atoms with van der Waals surface area (Å²) >= 11 is 0. The lowest BCUT2D eigenvalue weighted by Gasteiger charge is -2.50. The zero-order valence-electron chi connectivity index (χ0n) is 14.3. The number of phenolic OH excluding ortho intramolecular Hbond substituents is 1. The molecule has 24 heavy (non-hydrogen) atoms. The molecule has 0 bridgehead atoms. The number of hydrogen-bond donors (Lipinski definition) is 1. The van der Waals surface area contributed by atoms with Crippen LogP contribution < -0.4 is 0 Å². The Balaban J connectivity index is 1.77. The van der Waals surface area contributed by atoms with Crippen molar-refractivity contribution in [3.63, 3.8) is 0 Å². The Morgan fingerprint density at radius 3 is 2.71 bits per heavy atom. The lowest BCUT2D eigenvalue weighted by atomic mass is 9.59. The Hall–Kier alpha value is -2.06. The maximum Gasteiger partial charge on any atom is 0.115 e. The van der Waals surface area contributed by atoms with Crippen LogP contribution in [0.1, 0.15) is 30.4 Å². The second-order valence-electron chi connectivity index (χ2n) is 7.42. The van der Waals surface area contributed by atoms with Gasteiger partial charge in [0.25, 0.3) is 0 Å². The highest BCUT2D eigenvalue weighted by atomic mass is 16.3. The van der Waals surface area contributed by atoms with Crippen molar-refractivity contribution in [1.82, 2.24) is 4.90 Å². The van der Waals surface area contributed by atoms with E-state index in [0.717, 1.165) is 32.4 Å². The zero-order valence-corrected chi connectivity index (χ0v) is 14.3. The van der Waals surface area contributed by atoms with E-state index in [1.165, 1.54) is 16.7 Å². The number of fused-ring (bicyclic) bond motifs is 1. The standard InChI is InChI=1S/C22H25NO/c1-23-13-12-22(19-8-5-9-21(24)14-19)15-18(10-11-20(22)16-23)17-6-3-2-4-7-17/h2-10,14,20,24H,11-13,15-16H2,1H3. The molecule has 2 unspecified atom stereocenters. The van der Waals surface area contributed by atoms with Crippen LogP contribution in [0.25, 0.3) is 5.57 Å². The summed E-state index contributed by atoms with van der Waals surface area (Å²) in [6.45, 7) is 2.25. The van der Waals surface area contributed by atoms with Gasteiger partial charge < -0.3 is 10.0 Å². The third-order valence-corrected chi connectivity index (χ3v) is 5.97. The van der Waals surface area contributed by atoms with Crippen LogP contribution in [0.2, 0.25) is 0 Å². The maximum atomic E-state index is 10.0. The zero-order chi connectivity index (χ0) is 16.6. The van der Waals surface area contributed by atoms with Crippen molar-refractivity contribution >= 4 is 5.57 Å². The van der Waals surface area contributed by atoms with Gasteiger partial charge in [0.1, 0.15) is 5.75 Å². The molecule has 1 fully saturated rings. The second kappa shape index (κ2) is 6.10. The SMILES string of the molecule is CN1CCC2(c3cccc(O)c3)CC(c3ccccc3)=CCC2C1. The van der Waals surface area contributed by atoms with Crippen molar-refractivity contribution < 1.29 is 5.11 Å². The van der Waals surface area contributed by atoms with Gasteiger partial charge in [0, 0.05) is 12.0 Å². The summed E-state index contributed by atoms with van der Waals surface area (Å²) in [5, 5.41) is 10.0. The van der Waals surface area contributed by atoms with Crippen LogP contribution >= 0.6 is 0 Å². The number of aromatic hydroxyl groups is 1.